The molecule has 0 aliphatic rings. The fourth-order valence-electron chi connectivity index (χ4n) is 3.74. The number of rotatable bonds is 26. The predicted octanol–water partition coefficient (Wildman–Crippen LogP) is 8.64. The number of allylic oxidation sites excluding steroid dienone is 6. The van der Waals surface area contributed by atoms with Crippen molar-refractivity contribution in [1.29, 1.82) is 0 Å². The number of carbonyl (C=O) groups excluding carboxylic acids is 1. The summed E-state index contributed by atoms with van der Waals surface area (Å²) >= 11 is 0. The minimum absolute atomic E-state index is 0.178. The summed E-state index contributed by atoms with van der Waals surface area (Å²) in [5.41, 5.74) is 0. The van der Waals surface area contributed by atoms with E-state index in [1.165, 1.54) is 70.6 Å². The van der Waals surface area contributed by atoms with Crippen LogP contribution in [0.4, 0.5) is 0 Å². The largest absolute Gasteiger partial charge is 0.457 e. The number of carbonyl (C=O) groups is 1. The fourth-order valence-corrected chi connectivity index (χ4v) is 3.74. The van der Waals surface area contributed by atoms with Crippen LogP contribution in [0.5, 0.6) is 0 Å². The third kappa shape index (κ3) is 27.0. The lowest BCUT2D eigenvalue weighted by Crippen LogP contribution is -2.27. The van der Waals surface area contributed by atoms with Crippen molar-refractivity contribution in [2.45, 2.75) is 136 Å². The van der Waals surface area contributed by atoms with Gasteiger partial charge in [0.05, 0.1) is 13.2 Å². The highest BCUT2D eigenvalue weighted by atomic mass is 16.6. The lowest BCUT2D eigenvalue weighted by molar-refractivity contribution is -0.154. The van der Waals surface area contributed by atoms with E-state index in [9.17, 15) is 9.90 Å². The van der Waals surface area contributed by atoms with Crippen LogP contribution in [0.3, 0.4) is 0 Å². The number of hydrogen-bond acceptors (Lipinski definition) is 4. The van der Waals surface area contributed by atoms with Crippen molar-refractivity contribution in [2.75, 3.05) is 19.8 Å². The van der Waals surface area contributed by atoms with Gasteiger partial charge in [-0.3, -0.25) is 4.79 Å². The summed E-state index contributed by atoms with van der Waals surface area (Å²) in [5, 5.41) is 9.35. The van der Waals surface area contributed by atoms with Crippen molar-refractivity contribution in [1.82, 2.24) is 0 Å². The Kier molecular flexibility index (Phi) is 27.7. The van der Waals surface area contributed by atoms with Gasteiger partial charge in [-0.2, -0.15) is 0 Å². The van der Waals surface area contributed by atoms with Gasteiger partial charge in [-0.1, -0.05) is 108 Å². The molecule has 0 rings (SSSR count). The van der Waals surface area contributed by atoms with Crippen LogP contribution in [-0.2, 0) is 14.3 Å². The van der Waals surface area contributed by atoms with Crippen molar-refractivity contribution >= 4 is 5.97 Å². The van der Waals surface area contributed by atoms with Gasteiger partial charge in [0.25, 0.3) is 0 Å². The summed E-state index contributed by atoms with van der Waals surface area (Å²) in [6.07, 6.45) is 33.7. The maximum Gasteiger partial charge on any atom is 0.306 e. The van der Waals surface area contributed by atoms with Crippen LogP contribution in [0.15, 0.2) is 36.5 Å². The van der Waals surface area contributed by atoms with Crippen molar-refractivity contribution < 1.29 is 19.4 Å². The highest BCUT2D eigenvalue weighted by Gasteiger charge is 2.13. The van der Waals surface area contributed by atoms with E-state index in [0.29, 0.717) is 13.0 Å². The van der Waals surface area contributed by atoms with Gasteiger partial charge < -0.3 is 14.6 Å². The smallest absolute Gasteiger partial charge is 0.306 e. The molecule has 204 valence electrons. The van der Waals surface area contributed by atoms with E-state index in [2.05, 4.69) is 50.3 Å². The van der Waals surface area contributed by atoms with E-state index in [4.69, 9.17) is 9.47 Å². The molecule has 0 bridgehead atoms. The van der Waals surface area contributed by atoms with E-state index >= 15 is 0 Å². The van der Waals surface area contributed by atoms with Crippen molar-refractivity contribution in [3.63, 3.8) is 0 Å². The molecule has 0 aliphatic heterocycles. The minimum atomic E-state index is -0.531. The van der Waals surface area contributed by atoms with Crippen LogP contribution in [0.25, 0.3) is 0 Å². The molecule has 1 unspecified atom stereocenters. The molecule has 1 N–H and O–H groups in total. The molecule has 0 aromatic rings. The topological polar surface area (TPSA) is 55.8 Å². The number of aliphatic hydroxyl groups excluding tert-OH is 1. The highest BCUT2D eigenvalue weighted by Crippen LogP contribution is 2.10. The Hall–Kier alpha value is -1.39. The zero-order valence-electron chi connectivity index (χ0n) is 23.1. The molecule has 4 nitrogen and oxygen atoms in total. The number of esters is 1. The Labute approximate surface area is 217 Å². The SMILES string of the molecule is CCCCC/C=C\C/C=C\C/C=C\CCCCCCCCCOCC(CO)OC(=O)CCCCC. The zero-order valence-corrected chi connectivity index (χ0v) is 23.1. The monoisotopic (exact) mass is 492 g/mol. The summed E-state index contributed by atoms with van der Waals surface area (Å²) < 4.78 is 10.9. The molecule has 1 atom stereocenters. The molecule has 4 heteroatoms. The molecule has 0 heterocycles. The summed E-state index contributed by atoms with van der Waals surface area (Å²) in [7, 11) is 0. The maximum absolute atomic E-state index is 11.7. The van der Waals surface area contributed by atoms with Crippen molar-refractivity contribution in [3.8, 4) is 0 Å². The highest BCUT2D eigenvalue weighted by molar-refractivity contribution is 5.69. The fraction of sp³-hybridized carbons (Fsp3) is 0.774. The third-order valence-electron chi connectivity index (χ3n) is 5.97. The first-order valence-electron chi connectivity index (χ1n) is 14.6. The van der Waals surface area contributed by atoms with Crippen LogP contribution in [0, 0.1) is 0 Å². The van der Waals surface area contributed by atoms with Gasteiger partial charge in [0, 0.05) is 13.0 Å². The molecule has 0 aliphatic carbocycles. The number of unbranched alkanes of at least 4 members (excludes halogenated alkanes) is 12. The lowest BCUT2D eigenvalue weighted by atomic mass is 10.1. The Balaban J connectivity index is 3.41. The third-order valence-corrected chi connectivity index (χ3v) is 5.97. The molecule has 0 amide bonds. The molecule has 0 aromatic carbocycles. The predicted molar refractivity (Wildman–Crippen MR) is 150 cm³/mol. The molecule has 0 spiro atoms. The van der Waals surface area contributed by atoms with E-state index in [1.54, 1.807) is 0 Å². The number of hydrogen-bond donors (Lipinski definition) is 1. The summed E-state index contributed by atoms with van der Waals surface area (Å²) in [6.45, 7) is 5.12. The van der Waals surface area contributed by atoms with Gasteiger partial charge >= 0.3 is 5.97 Å². The zero-order chi connectivity index (χ0) is 25.7. The first-order valence-corrected chi connectivity index (χ1v) is 14.6. The molecule has 0 aromatic heterocycles. The minimum Gasteiger partial charge on any atom is -0.457 e. The van der Waals surface area contributed by atoms with Gasteiger partial charge in [-0.05, 0) is 51.4 Å². The second-order valence-electron chi connectivity index (χ2n) is 9.47. The summed E-state index contributed by atoms with van der Waals surface area (Å²) in [5.74, 6) is -0.232. The van der Waals surface area contributed by atoms with Gasteiger partial charge in [0.1, 0.15) is 6.10 Å². The average Bonchev–Trinajstić information content (AvgIpc) is 2.86. The molecule has 0 radical (unpaired) electrons. The van der Waals surface area contributed by atoms with E-state index in [1.807, 2.05) is 0 Å². The normalized spacial score (nSPS) is 12.9. The number of aliphatic hydroxyl groups is 1. The van der Waals surface area contributed by atoms with E-state index in [-0.39, 0.29) is 19.2 Å². The van der Waals surface area contributed by atoms with Crippen LogP contribution < -0.4 is 0 Å². The average molecular weight is 493 g/mol. The Morgan fingerprint density at radius 3 is 1.80 bits per heavy atom. The lowest BCUT2D eigenvalue weighted by Gasteiger charge is -2.15. The van der Waals surface area contributed by atoms with E-state index < -0.39 is 6.10 Å². The molecule has 0 fully saturated rings. The second kappa shape index (κ2) is 28.8. The molecule has 0 saturated heterocycles. The first-order chi connectivity index (χ1) is 17.2. The molecule has 35 heavy (non-hydrogen) atoms. The second-order valence-corrected chi connectivity index (χ2v) is 9.47. The van der Waals surface area contributed by atoms with Crippen LogP contribution >= 0.6 is 0 Å². The van der Waals surface area contributed by atoms with Gasteiger partial charge in [0.15, 0.2) is 0 Å². The Morgan fingerprint density at radius 1 is 0.686 bits per heavy atom. The van der Waals surface area contributed by atoms with Crippen molar-refractivity contribution in [3.05, 3.63) is 36.5 Å². The van der Waals surface area contributed by atoms with Gasteiger partial charge in [-0.25, -0.2) is 0 Å². The first kappa shape index (κ1) is 33.6. The van der Waals surface area contributed by atoms with E-state index in [0.717, 1.165) is 38.5 Å². The molecule has 0 saturated carbocycles. The summed E-state index contributed by atoms with van der Waals surface area (Å²) in [4.78, 5) is 11.7. The quantitative estimate of drug-likeness (QED) is 0.0745. The van der Waals surface area contributed by atoms with Gasteiger partial charge in [-0.15, -0.1) is 0 Å². The molecular formula is C31H56O4. The van der Waals surface area contributed by atoms with Crippen LogP contribution in [0.1, 0.15) is 129 Å². The number of ether oxygens (including phenoxy) is 2. The van der Waals surface area contributed by atoms with Crippen LogP contribution in [-0.4, -0.2) is 37.0 Å². The van der Waals surface area contributed by atoms with Crippen molar-refractivity contribution in [2.24, 2.45) is 0 Å². The molecular weight excluding hydrogens is 436 g/mol. The van der Waals surface area contributed by atoms with Gasteiger partial charge in [0.2, 0.25) is 0 Å². The Bertz CT molecular complexity index is 524. The van der Waals surface area contributed by atoms with Crippen LogP contribution in [0.2, 0.25) is 0 Å². The standard InChI is InChI=1S/C31H56O4/c1-3-5-7-8-9-10-11-12-13-14-15-16-17-18-19-20-21-22-23-25-27-34-29-30(28-32)35-31(33)26-24-6-4-2/h9-10,12-13,15-16,30,32H,3-8,11,14,17-29H2,1-2H3/b10-9-,13-12-,16-15-. The maximum atomic E-state index is 11.7. The summed E-state index contributed by atoms with van der Waals surface area (Å²) in [6, 6.07) is 0. The Morgan fingerprint density at radius 2 is 1.20 bits per heavy atom.